The van der Waals surface area contributed by atoms with E-state index in [1.165, 1.54) is 11.6 Å². The number of halogens is 2. The van der Waals surface area contributed by atoms with E-state index in [2.05, 4.69) is 6.07 Å². The number of hydrogen-bond acceptors (Lipinski definition) is 2. The molecule has 24 heavy (non-hydrogen) atoms. The molecule has 1 amide bonds. The number of para-hydroxylation sites is 1. The molecule has 0 radical (unpaired) electrons. The van der Waals surface area contributed by atoms with Crippen LogP contribution in [0.4, 0.5) is 10.1 Å². The van der Waals surface area contributed by atoms with Crippen molar-refractivity contribution in [2.45, 2.75) is 25.9 Å². The van der Waals surface area contributed by atoms with E-state index in [1.807, 2.05) is 42.0 Å². The smallest absolute Gasteiger partial charge is 0.244 e. The molecule has 0 bridgehead atoms. The maximum Gasteiger partial charge on any atom is 0.244 e. The van der Waals surface area contributed by atoms with Crippen molar-refractivity contribution in [2.75, 3.05) is 18.5 Å². The molecule has 0 saturated heterocycles. The Morgan fingerprint density at radius 2 is 2.04 bits per heavy atom. The van der Waals surface area contributed by atoms with Crippen LogP contribution in [0.15, 0.2) is 42.5 Å². The fourth-order valence-electron chi connectivity index (χ4n) is 3.05. The van der Waals surface area contributed by atoms with Crippen LogP contribution in [-0.4, -0.2) is 30.4 Å². The fourth-order valence-corrected chi connectivity index (χ4v) is 3.27. The third-order valence-electron chi connectivity index (χ3n) is 4.64. The molecular weight excluding hydrogens is 327 g/mol. The van der Waals surface area contributed by atoms with Crippen molar-refractivity contribution in [3.63, 3.8) is 0 Å². The van der Waals surface area contributed by atoms with Gasteiger partial charge in [0.1, 0.15) is 5.82 Å². The van der Waals surface area contributed by atoms with Crippen molar-refractivity contribution in [1.29, 1.82) is 0 Å². The number of benzene rings is 2. The molecule has 0 fully saturated rings. The Balaban J connectivity index is 1.74. The van der Waals surface area contributed by atoms with Crippen LogP contribution in [-0.2, 0) is 17.8 Å². The number of nitrogens with zero attached hydrogens (tertiary/aromatic N) is 2. The number of rotatable bonds is 4. The van der Waals surface area contributed by atoms with Gasteiger partial charge in [-0.2, -0.15) is 0 Å². The lowest BCUT2D eigenvalue weighted by atomic mass is 10.1. The van der Waals surface area contributed by atoms with Crippen LogP contribution in [0.25, 0.3) is 0 Å². The third kappa shape index (κ3) is 3.17. The van der Waals surface area contributed by atoms with Crippen molar-refractivity contribution < 1.29 is 9.18 Å². The van der Waals surface area contributed by atoms with E-state index in [0.29, 0.717) is 17.1 Å². The van der Waals surface area contributed by atoms with Crippen molar-refractivity contribution in [1.82, 2.24) is 4.90 Å². The molecular formula is C19H20ClFN2O. The van der Waals surface area contributed by atoms with E-state index in [4.69, 9.17) is 11.6 Å². The van der Waals surface area contributed by atoms with Crippen molar-refractivity contribution in [3.05, 3.63) is 64.4 Å². The first kappa shape index (κ1) is 16.9. The molecule has 126 valence electrons. The van der Waals surface area contributed by atoms with Gasteiger partial charge >= 0.3 is 0 Å². The van der Waals surface area contributed by atoms with Gasteiger partial charge in [0.2, 0.25) is 5.91 Å². The van der Waals surface area contributed by atoms with E-state index in [0.717, 1.165) is 12.1 Å². The minimum Gasteiger partial charge on any atom is -0.310 e. The van der Waals surface area contributed by atoms with Crippen molar-refractivity contribution in [3.8, 4) is 0 Å². The van der Waals surface area contributed by atoms with Gasteiger partial charge in [0.05, 0.1) is 6.04 Å². The minimum atomic E-state index is -0.369. The third-order valence-corrected chi connectivity index (χ3v) is 5.00. The van der Waals surface area contributed by atoms with Crippen LogP contribution in [0.3, 0.4) is 0 Å². The number of anilines is 1. The standard InChI is InChI=1S/C19H20ClFN2O/c1-13(22(2)12-15-16(20)7-5-8-17(15)21)19(24)23-11-10-14-6-3-4-9-18(14)23/h3-9,13H,10-12H2,1-2H3. The zero-order chi connectivity index (χ0) is 17.3. The van der Waals surface area contributed by atoms with Crippen molar-refractivity contribution in [2.24, 2.45) is 0 Å². The first-order valence-electron chi connectivity index (χ1n) is 8.01. The van der Waals surface area contributed by atoms with Gasteiger partial charge in [-0.3, -0.25) is 9.69 Å². The molecule has 1 heterocycles. The molecule has 0 spiro atoms. The lowest BCUT2D eigenvalue weighted by molar-refractivity contribution is -0.122. The van der Waals surface area contributed by atoms with Gasteiger partial charge < -0.3 is 4.90 Å². The Bertz CT molecular complexity index is 745. The lowest BCUT2D eigenvalue weighted by Gasteiger charge is -2.28. The Hall–Kier alpha value is -1.91. The Kier molecular flexibility index (Phi) is 4.88. The maximum absolute atomic E-state index is 14.0. The summed E-state index contributed by atoms with van der Waals surface area (Å²) < 4.78 is 14.0. The minimum absolute atomic E-state index is 0.0231. The zero-order valence-electron chi connectivity index (χ0n) is 13.8. The molecule has 1 aliphatic heterocycles. The van der Waals surface area contributed by atoms with Gasteiger partial charge in [0.25, 0.3) is 0 Å². The summed E-state index contributed by atoms with van der Waals surface area (Å²) in [7, 11) is 1.81. The van der Waals surface area contributed by atoms with Crippen LogP contribution in [0.2, 0.25) is 5.02 Å². The fraction of sp³-hybridized carbons (Fsp3) is 0.316. The first-order chi connectivity index (χ1) is 11.5. The molecule has 0 aliphatic carbocycles. The van der Waals surface area contributed by atoms with Gasteiger partial charge in [-0.15, -0.1) is 0 Å². The van der Waals surface area contributed by atoms with E-state index in [1.54, 1.807) is 12.1 Å². The molecule has 3 nitrogen and oxygen atoms in total. The zero-order valence-corrected chi connectivity index (χ0v) is 14.6. The molecule has 1 atom stereocenters. The summed E-state index contributed by atoms with van der Waals surface area (Å²) in [5, 5.41) is 0.382. The van der Waals surface area contributed by atoms with Gasteiger partial charge in [0, 0.05) is 29.4 Å². The van der Waals surface area contributed by atoms with Crippen LogP contribution < -0.4 is 4.90 Å². The molecule has 2 aromatic rings. The number of likely N-dealkylation sites (N-methyl/N-ethyl adjacent to an activating group) is 1. The maximum atomic E-state index is 14.0. The number of amides is 1. The second-order valence-electron chi connectivity index (χ2n) is 6.16. The Morgan fingerprint density at radius 1 is 1.29 bits per heavy atom. The topological polar surface area (TPSA) is 23.6 Å². The summed E-state index contributed by atoms with van der Waals surface area (Å²) in [4.78, 5) is 16.5. The number of carbonyl (C=O) groups excluding carboxylic acids is 1. The summed E-state index contributed by atoms with van der Waals surface area (Å²) >= 11 is 6.09. The Labute approximate surface area is 146 Å². The van der Waals surface area contributed by atoms with Gasteiger partial charge in [-0.05, 0) is 44.2 Å². The SMILES string of the molecule is CC(C(=O)N1CCc2ccccc21)N(C)Cc1c(F)cccc1Cl. The molecule has 1 aliphatic rings. The average Bonchev–Trinajstić information content (AvgIpc) is 3.01. The van der Waals surface area contributed by atoms with Gasteiger partial charge in [0.15, 0.2) is 0 Å². The van der Waals surface area contributed by atoms with E-state index in [-0.39, 0.29) is 24.3 Å². The second kappa shape index (κ2) is 6.91. The highest BCUT2D eigenvalue weighted by Gasteiger charge is 2.30. The van der Waals surface area contributed by atoms with Gasteiger partial charge in [-0.1, -0.05) is 35.9 Å². The Morgan fingerprint density at radius 3 is 2.79 bits per heavy atom. The normalized spacial score (nSPS) is 14.8. The highest BCUT2D eigenvalue weighted by atomic mass is 35.5. The summed E-state index contributed by atoms with van der Waals surface area (Å²) in [6, 6.07) is 12.2. The average molecular weight is 347 g/mol. The van der Waals surface area contributed by atoms with E-state index >= 15 is 0 Å². The summed E-state index contributed by atoms with van der Waals surface area (Å²) in [5.41, 5.74) is 2.59. The summed E-state index contributed by atoms with van der Waals surface area (Å²) in [6.07, 6.45) is 0.873. The lowest BCUT2D eigenvalue weighted by Crippen LogP contribution is -2.45. The molecule has 2 aromatic carbocycles. The molecule has 1 unspecified atom stereocenters. The number of carbonyl (C=O) groups is 1. The predicted octanol–water partition coefficient (Wildman–Crippen LogP) is 3.89. The first-order valence-corrected chi connectivity index (χ1v) is 8.39. The second-order valence-corrected chi connectivity index (χ2v) is 6.57. The van der Waals surface area contributed by atoms with E-state index in [9.17, 15) is 9.18 Å². The molecule has 3 rings (SSSR count). The van der Waals surface area contributed by atoms with Crippen LogP contribution in [0.1, 0.15) is 18.1 Å². The van der Waals surface area contributed by atoms with Gasteiger partial charge in [-0.25, -0.2) is 4.39 Å². The number of fused-ring (bicyclic) bond motifs is 1. The summed E-state index contributed by atoms with van der Waals surface area (Å²) in [6.45, 7) is 2.82. The largest absolute Gasteiger partial charge is 0.310 e. The number of hydrogen-bond donors (Lipinski definition) is 0. The van der Waals surface area contributed by atoms with Crippen LogP contribution in [0, 0.1) is 5.82 Å². The molecule has 5 heteroatoms. The monoisotopic (exact) mass is 346 g/mol. The van der Waals surface area contributed by atoms with Crippen LogP contribution in [0.5, 0.6) is 0 Å². The molecule has 0 aromatic heterocycles. The van der Waals surface area contributed by atoms with E-state index < -0.39 is 0 Å². The molecule has 0 N–H and O–H groups in total. The molecule has 0 saturated carbocycles. The van der Waals surface area contributed by atoms with Crippen LogP contribution >= 0.6 is 11.6 Å². The quantitative estimate of drug-likeness (QED) is 0.838. The summed E-state index contributed by atoms with van der Waals surface area (Å²) in [5.74, 6) is -0.324. The highest BCUT2D eigenvalue weighted by Crippen LogP contribution is 2.29. The highest BCUT2D eigenvalue weighted by molar-refractivity contribution is 6.31. The van der Waals surface area contributed by atoms with Crippen molar-refractivity contribution >= 4 is 23.2 Å². The predicted molar refractivity (Wildman–Crippen MR) is 94.8 cm³/mol.